The van der Waals surface area contributed by atoms with Gasteiger partial charge in [0, 0.05) is 19.0 Å². The van der Waals surface area contributed by atoms with E-state index in [2.05, 4.69) is 15.3 Å². The van der Waals surface area contributed by atoms with Crippen LogP contribution >= 0.6 is 11.8 Å². The van der Waals surface area contributed by atoms with E-state index < -0.39 is 9.84 Å². The fourth-order valence-electron chi connectivity index (χ4n) is 1.24. The Hall–Kier alpha value is -1.15. The summed E-state index contributed by atoms with van der Waals surface area (Å²) >= 11 is 1.37. The minimum absolute atomic E-state index is 0.108. The van der Waals surface area contributed by atoms with Crippen molar-refractivity contribution in [3.8, 4) is 0 Å². The van der Waals surface area contributed by atoms with Gasteiger partial charge in [-0.3, -0.25) is 4.79 Å². The third kappa shape index (κ3) is 5.01. The maximum Gasteiger partial charge on any atom is 0.189 e. The van der Waals surface area contributed by atoms with E-state index in [1.807, 2.05) is 6.26 Å². The third-order valence-corrected chi connectivity index (χ3v) is 3.68. The topological polar surface area (TPSA) is 89.0 Å². The zero-order valence-corrected chi connectivity index (χ0v) is 11.8. The fourth-order valence-corrected chi connectivity index (χ4v) is 2.25. The van der Waals surface area contributed by atoms with E-state index in [1.165, 1.54) is 24.2 Å². The van der Waals surface area contributed by atoms with Crippen molar-refractivity contribution in [3.05, 3.63) is 11.8 Å². The quantitative estimate of drug-likeness (QED) is 0.344. The smallest absolute Gasteiger partial charge is 0.189 e. The summed E-state index contributed by atoms with van der Waals surface area (Å²) < 4.78 is 21.9. The van der Waals surface area contributed by atoms with Gasteiger partial charge in [-0.05, 0) is 12.7 Å². The zero-order chi connectivity index (χ0) is 13.6. The van der Waals surface area contributed by atoms with E-state index >= 15 is 0 Å². The number of aldehydes is 1. The van der Waals surface area contributed by atoms with E-state index in [-0.39, 0.29) is 5.75 Å². The zero-order valence-electron chi connectivity index (χ0n) is 10.2. The van der Waals surface area contributed by atoms with Gasteiger partial charge in [-0.1, -0.05) is 11.8 Å². The summed E-state index contributed by atoms with van der Waals surface area (Å²) in [5, 5.41) is 3.51. The van der Waals surface area contributed by atoms with Crippen LogP contribution in [0.25, 0.3) is 0 Å². The Morgan fingerprint density at radius 3 is 2.78 bits per heavy atom. The van der Waals surface area contributed by atoms with Crippen LogP contribution in [0, 0.1) is 0 Å². The summed E-state index contributed by atoms with van der Waals surface area (Å²) in [7, 11) is -2.95. The van der Waals surface area contributed by atoms with Gasteiger partial charge in [0.15, 0.2) is 11.4 Å². The molecule has 0 aromatic carbocycles. The van der Waals surface area contributed by atoms with Crippen molar-refractivity contribution >= 4 is 33.7 Å². The van der Waals surface area contributed by atoms with Gasteiger partial charge >= 0.3 is 0 Å². The van der Waals surface area contributed by atoms with Crippen molar-refractivity contribution in [1.82, 2.24) is 9.97 Å². The lowest BCUT2D eigenvalue weighted by atomic mass is 10.3. The molecule has 0 atom stereocenters. The third-order valence-electron chi connectivity index (χ3n) is 2.09. The lowest BCUT2D eigenvalue weighted by Crippen LogP contribution is -2.12. The normalized spacial score (nSPS) is 11.2. The fraction of sp³-hybridized carbons (Fsp3) is 0.500. The first kappa shape index (κ1) is 14.9. The molecule has 1 N–H and O–H groups in total. The van der Waals surface area contributed by atoms with Crippen LogP contribution in [0.4, 0.5) is 5.82 Å². The molecule has 0 saturated heterocycles. The van der Waals surface area contributed by atoms with Crippen molar-refractivity contribution in [3.63, 3.8) is 0 Å². The average Bonchev–Trinajstić information content (AvgIpc) is 2.33. The highest BCUT2D eigenvalue weighted by atomic mass is 32.2. The van der Waals surface area contributed by atoms with Gasteiger partial charge in [-0.15, -0.1) is 0 Å². The lowest BCUT2D eigenvalue weighted by Gasteiger charge is -2.07. The molecule has 0 fully saturated rings. The minimum atomic E-state index is -2.95. The van der Waals surface area contributed by atoms with Crippen LogP contribution in [0.5, 0.6) is 0 Å². The van der Waals surface area contributed by atoms with E-state index in [1.54, 1.807) is 0 Å². The molecule has 8 heteroatoms. The van der Waals surface area contributed by atoms with Crippen molar-refractivity contribution in [1.29, 1.82) is 0 Å². The second-order valence-electron chi connectivity index (χ2n) is 3.69. The lowest BCUT2D eigenvalue weighted by molar-refractivity contribution is 0.112. The van der Waals surface area contributed by atoms with Crippen LogP contribution < -0.4 is 5.32 Å². The molecule has 0 aliphatic rings. The number of rotatable bonds is 7. The minimum Gasteiger partial charge on any atom is -0.369 e. The van der Waals surface area contributed by atoms with Crippen LogP contribution in [0.2, 0.25) is 0 Å². The van der Waals surface area contributed by atoms with Gasteiger partial charge < -0.3 is 5.32 Å². The van der Waals surface area contributed by atoms with Gasteiger partial charge in [0.1, 0.15) is 15.7 Å². The Labute approximate surface area is 111 Å². The van der Waals surface area contributed by atoms with Crippen molar-refractivity contribution in [2.24, 2.45) is 0 Å². The van der Waals surface area contributed by atoms with E-state index in [0.717, 1.165) is 0 Å². The Morgan fingerprint density at radius 1 is 1.50 bits per heavy atom. The summed E-state index contributed by atoms with van der Waals surface area (Å²) in [5.41, 5.74) is 0.368. The number of anilines is 1. The Bertz CT molecular complexity index is 517. The highest BCUT2D eigenvalue weighted by molar-refractivity contribution is 7.98. The van der Waals surface area contributed by atoms with Gasteiger partial charge in [0.05, 0.1) is 11.3 Å². The molecule has 0 amide bonds. The summed E-state index contributed by atoms with van der Waals surface area (Å²) in [4.78, 5) is 18.9. The molecule has 1 heterocycles. The largest absolute Gasteiger partial charge is 0.369 e. The maximum absolute atomic E-state index is 11.0. The van der Waals surface area contributed by atoms with Gasteiger partial charge in [-0.25, -0.2) is 18.4 Å². The van der Waals surface area contributed by atoms with E-state index in [9.17, 15) is 13.2 Å². The number of aromatic nitrogens is 2. The first-order valence-corrected chi connectivity index (χ1v) is 8.52. The number of hydrogen-bond donors (Lipinski definition) is 1. The first-order chi connectivity index (χ1) is 8.46. The molecule has 0 spiro atoms. The van der Waals surface area contributed by atoms with Crippen molar-refractivity contribution < 1.29 is 13.2 Å². The molecule has 0 radical (unpaired) electrons. The van der Waals surface area contributed by atoms with Crippen LogP contribution in [-0.2, 0) is 9.84 Å². The van der Waals surface area contributed by atoms with Crippen LogP contribution in [0.1, 0.15) is 16.8 Å². The Morgan fingerprint density at radius 2 is 2.22 bits per heavy atom. The number of nitrogens with zero attached hydrogens (tertiary/aromatic N) is 2. The highest BCUT2D eigenvalue weighted by Crippen LogP contribution is 2.14. The van der Waals surface area contributed by atoms with Gasteiger partial charge in [-0.2, -0.15) is 0 Å². The molecule has 1 aromatic heterocycles. The predicted molar refractivity (Wildman–Crippen MR) is 72.0 cm³/mol. The Kier molecular flexibility index (Phi) is 5.54. The van der Waals surface area contributed by atoms with Crippen molar-refractivity contribution in [2.45, 2.75) is 11.6 Å². The van der Waals surface area contributed by atoms with Crippen LogP contribution in [-0.4, -0.2) is 49.5 Å². The van der Waals surface area contributed by atoms with Gasteiger partial charge in [0.2, 0.25) is 0 Å². The molecule has 0 aliphatic carbocycles. The SMILES string of the molecule is CSc1ncc(C=O)c(NCCCS(C)(=O)=O)n1. The molecule has 1 rings (SSSR count). The number of hydrogen-bond acceptors (Lipinski definition) is 7. The molecule has 18 heavy (non-hydrogen) atoms. The van der Waals surface area contributed by atoms with Crippen LogP contribution in [0.3, 0.4) is 0 Å². The summed E-state index contributed by atoms with van der Waals surface area (Å²) in [5.74, 6) is 0.550. The standard InChI is InChI=1S/C10H15N3O3S2/c1-17-10-12-6-8(7-14)9(13-10)11-4-3-5-18(2,15)16/h6-7H,3-5H2,1-2H3,(H,11,12,13). The van der Waals surface area contributed by atoms with Crippen LogP contribution in [0.15, 0.2) is 11.4 Å². The number of sulfone groups is 1. The predicted octanol–water partition coefficient (Wildman–Crippen LogP) is 0.858. The molecule has 0 bridgehead atoms. The second-order valence-corrected chi connectivity index (χ2v) is 6.72. The molecule has 100 valence electrons. The monoisotopic (exact) mass is 289 g/mol. The maximum atomic E-state index is 11.0. The van der Waals surface area contributed by atoms with E-state index in [0.29, 0.717) is 35.8 Å². The molecule has 6 nitrogen and oxygen atoms in total. The summed E-state index contributed by atoms with van der Waals surface area (Å²) in [6, 6.07) is 0. The number of carbonyl (C=O) groups is 1. The average molecular weight is 289 g/mol. The van der Waals surface area contributed by atoms with E-state index in [4.69, 9.17) is 0 Å². The molecule has 1 aromatic rings. The molecule has 0 unspecified atom stereocenters. The molecular formula is C10H15N3O3S2. The summed E-state index contributed by atoms with van der Waals surface area (Å²) in [6.07, 6.45) is 5.62. The molecular weight excluding hydrogens is 274 g/mol. The molecule has 0 saturated carbocycles. The molecule has 0 aliphatic heterocycles. The van der Waals surface area contributed by atoms with Crippen molar-refractivity contribution in [2.75, 3.05) is 30.1 Å². The van der Waals surface area contributed by atoms with Gasteiger partial charge in [0.25, 0.3) is 0 Å². The first-order valence-electron chi connectivity index (χ1n) is 5.24. The Balaban J connectivity index is 2.62. The number of thioether (sulfide) groups is 1. The second kappa shape index (κ2) is 6.69. The number of nitrogens with one attached hydrogen (secondary N) is 1. The summed E-state index contributed by atoms with van der Waals surface area (Å²) in [6.45, 7) is 0.443. The highest BCUT2D eigenvalue weighted by Gasteiger charge is 2.06. The number of carbonyl (C=O) groups excluding carboxylic acids is 1.